The number of halogens is 4. The molecule has 0 amide bonds. The van der Waals surface area contributed by atoms with E-state index >= 15 is 0 Å². The van der Waals surface area contributed by atoms with E-state index in [0.717, 1.165) is 19.1 Å². The highest BCUT2D eigenvalue weighted by Gasteiger charge is 2.56. The van der Waals surface area contributed by atoms with E-state index in [-0.39, 0.29) is 11.6 Å². The quantitative estimate of drug-likeness (QED) is 0.630. The SMILES string of the molecule is CCOC(=O)C(C)C(=O)CC(O)(c1ccc(Cl)cc1)C(F)(F)F. The number of hydrogen-bond acceptors (Lipinski definition) is 4. The molecule has 0 saturated heterocycles. The van der Waals surface area contributed by atoms with Gasteiger partial charge in [-0.25, -0.2) is 0 Å². The normalized spacial score (nSPS) is 15.6. The van der Waals surface area contributed by atoms with Crippen LogP contribution in [0.2, 0.25) is 5.02 Å². The third-order valence-corrected chi connectivity index (χ3v) is 3.60. The molecule has 0 saturated carbocycles. The van der Waals surface area contributed by atoms with Crippen LogP contribution >= 0.6 is 11.6 Å². The number of benzene rings is 1. The van der Waals surface area contributed by atoms with Gasteiger partial charge in [0, 0.05) is 11.4 Å². The molecular formula is C15H16ClF3O4. The van der Waals surface area contributed by atoms with Gasteiger partial charge in [-0.05, 0) is 31.5 Å². The molecule has 23 heavy (non-hydrogen) atoms. The largest absolute Gasteiger partial charge is 0.465 e. The molecule has 1 aromatic rings. The van der Waals surface area contributed by atoms with Crippen molar-refractivity contribution in [1.82, 2.24) is 0 Å². The molecular weight excluding hydrogens is 337 g/mol. The number of rotatable bonds is 6. The van der Waals surface area contributed by atoms with E-state index in [0.29, 0.717) is 0 Å². The van der Waals surface area contributed by atoms with Gasteiger partial charge in [0.1, 0.15) is 11.7 Å². The Labute approximate surface area is 136 Å². The van der Waals surface area contributed by atoms with E-state index in [1.165, 1.54) is 19.1 Å². The van der Waals surface area contributed by atoms with Gasteiger partial charge in [-0.15, -0.1) is 0 Å². The number of alkyl halides is 3. The molecule has 1 aromatic carbocycles. The van der Waals surface area contributed by atoms with Crippen molar-refractivity contribution in [3.8, 4) is 0 Å². The molecule has 0 bridgehead atoms. The lowest BCUT2D eigenvalue weighted by atomic mass is 9.85. The van der Waals surface area contributed by atoms with Crippen LogP contribution < -0.4 is 0 Å². The summed E-state index contributed by atoms with van der Waals surface area (Å²) in [7, 11) is 0. The summed E-state index contributed by atoms with van der Waals surface area (Å²) in [6.07, 6.45) is -6.40. The monoisotopic (exact) mass is 352 g/mol. The van der Waals surface area contributed by atoms with Crippen molar-refractivity contribution in [2.75, 3.05) is 6.61 Å². The minimum atomic E-state index is -5.11. The van der Waals surface area contributed by atoms with Gasteiger partial charge in [0.2, 0.25) is 0 Å². The van der Waals surface area contributed by atoms with E-state index in [2.05, 4.69) is 4.74 Å². The molecule has 1 rings (SSSR count). The average molecular weight is 353 g/mol. The standard InChI is InChI=1S/C15H16ClF3O4/c1-3-23-13(21)9(2)12(20)8-14(22,15(17,18)19)10-4-6-11(16)7-5-10/h4-7,9,22H,3,8H2,1-2H3. The molecule has 0 aliphatic carbocycles. The maximum atomic E-state index is 13.3. The van der Waals surface area contributed by atoms with Gasteiger partial charge in [-0.2, -0.15) is 13.2 Å². The van der Waals surface area contributed by atoms with Crippen molar-refractivity contribution in [1.29, 1.82) is 0 Å². The van der Waals surface area contributed by atoms with Crippen molar-refractivity contribution in [3.63, 3.8) is 0 Å². The molecule has 0 aliphatic rings. The van der Waals surface area contributed by atoms with Crippen molar-refractivity contribution >= 4 is 23.4 Å². The molecule has 0 radical (unpaired) electrons. The van der Waals surface area contributed by atoms with Crippen molar-refractivity contribution in [2.24, 2.45) is 5.92 Å². The molecule has 4 nitrogen and oxygen atoms in total. The topological polar surface area (TPSA) is 63.6 Å². The highest BCUT2D eigenvalue weighted by molar-refractivity contribution is 6.30. The Morgan fingerprint density at radius 1 is 1.26 bits per heavy atom. The van der Waals surface area contributed by atoms with Crippen molar-refractivity contribution < 1.29 is 32.6 Å². The van der Waals surface area contributed by atoms with Crippen LogP contribution in [0.3, 0.4) is 0 Å². The second-order valence-corrected chi connectivity index (χ2v) is 5.42. The molecule has 0 fully saturated rings. The number of ether oxygens (including phenoxy) is 1. The predicted molar refractivity (Wildman–Crippen MR) is 76.8 cm³/mol. The third-order valence-electron chi connectivity index (χ3n) is 3.34. The van der Waals surface area contributed by atoms with Crippen molar-refractivity contribution in [3.05, 3.63) is 34.9 Å². The average Bonchev–Trinajstić information content (AvgIpc) is 2.45. The van der Waals surface area contributed by atoms with E-state index in [1.54, 1.807) is 0 Å². The summed E-state index contributed by atoms with van der Waals surface area (Å²) in [4.78, 5) is 23.5. The zero-order valence-corrected chi connectivity index (χ0v) is 13.2. The van der Waals surface area contributed by atoms with Crippen molar-refractivity contribution in [2.45, 2.75) is 32.0 Å². The lowest BCUT2D eigenvalue weighted by molar-refractivity contribution is -0.267. The molecule has 0 aromatic heterocycles. The smallest absolute Gasteiger partial charge is 0.421 e. The third kappa shape index (κ3) is 4.45. The Bertz CT molecular complexity index is 571. The lowest BCUT2D eigenvalue weighted by Crippen LogP contribution is -2.45. The maximum Gasteiger partial charge on any atom is 0.421 e. The first-order valence-electron chi connectivity index (χ1n) is 6.77. The Hall–Kier alpha value is -1.60. The summed E-state index contributed by atoms with van der Waals surface area (Å²) in [5.74, 6) is -3.41. The number of carbonyl (C=O) groups is 2. The van der Waals surface area contributed by atoms with Crippen LogP contribution in [0.1, 0.15) is 25.8 Å². The second-order valence-electron chi connectivity index (χ2n) is 4.98. The molecule has 8 heteroatoms. The number of carbonyl (C=O) groups excluding carboxylic acids is 2. The zero-order valence-electron chi connectivity index (χ0n) is 12.5. The summed E-state index contributed by atoms with van der Waals surface area (Å²) in [5, 5.41) is 10.3. The Balaban J connectivity index is 3.11. The number of ketones is 1. The highest BCUT2D eigenvalue weighted by Crippen LogP contribution is 2.42. The fraction of sp³-hybridized carbons (Fsp3) is 0.467. The second kappa shape index (κ2) is 7.31. The first kappa shape index (κ1) is 19.4. The van der Waals surface area contributed by atoms with Crippen LogP contribution in [-0.4, -0.2) is 29.6 Å². The minimum Gasteiger partial charge on any atom is -0.465 e. The first-order chi connectivity index (χ1) is 10.5. The minimum absolute atomic E-state index is 0.00280. The van der Waals surface area contributed by atoms with E-state index < -0.39 is 41.4 Å². The number of esters is 1. The summed E-state index contributed by atoms with van der Waals surface area (Å²) >= 11 is 5.62. The van der Waals surface area contributed by atoms with Crippen LogP contribution in [0, 0.1) is 5.92 Å². The molecule has 0 spiro atoms. The van der Waals surface area contributed by atoms with Crippen LogP contribution in [0.25, 0.3) is 0 Å². The van der Waals surface area contributed by atoms with Gasteiger partial charge in [0.15, 0.2) is 5.60 Å². The number of aliphatic hydroxyl groups is 1. The fourth-order valence-corrected chi connectivity index (χ4v) is 2.02. The zero-order chi connectivity index (χ0) is 17.8. The summed E-state index contributed by atoms with van der Waals surface area (Å²) in [5.41, 5.74) is -3.94. The van der Waals surface area contributed by atoms with E-state index in [4.69, 9.17) is 11.6 Å². The van der Waals surface area contributed by atoms with Gasteiger partial charge in [-0.1, -0.05) is 23.7 Å². The van der Waals surface area contributed by atoms with Crippen LogP contribution in [0.15, 0.2) is 24.3 Å². The molecule has 1 N–H and O–H groups in total. The van der Waals surface area contributed by atoms with E-state index in [1.807, 2.05) is 0 Å². The number of Topliss-reactive ketones (excluding diaryl/α,β-unsaturated/α-hetero) is 1. The van der Waals surface area contributed by atoms with Gasteiger partial charge in [-0.3, -0.25) is 9.59 Å². The van der Waals surface area contributed by atoms with Crippen LogP contribution in [-0.2, 0) is 19.9 Å². The summed E-state index contributed by atoms with van der Waals surface area (Å²) < 4.78 is 44.5. The van der Waals surface area contributed by atoms with Crippen LogP contribution in [0.5, 0.6) is 0 Å². The van der Waals surface area contributed by atoms with E-state index in [9.17, 15) is 27.9 Å². The van der Waals surface area contributed by atoms with Gasteiger partial charge < -0.3 is 9.84 Å². The van der Waals surface area contributed by atoms with Gasteiger partial charge in [0.05, 0.1) is 6.61 Å². The number of hydrogen-bond donors (Lipinski definition) is 1. The van der Waals surface area contributed by atoms with Gasteiger partial charge >= 0.3 is 12.1 Å². The molecule has 2 atom stereocenters. The van der Waals surface area contributed by atoms with Crippen LogP contribution in [0.4, 0.5) is 13.2 Å². The highest BCUT2D eigenvalue weighted by atomic mass is 35.5. The first-order valence-corrected chi connectivity index (χ1v) is 7.15. The molecule has 0 heterocycles. The lowest BCUT2D eigenvalue weighted by Gasteiger charge is -2.31. The Kier molecular flexibility index (Phi) is 6.18. The maximum absolute atomic E-state index is 13.3. The predicted octanol–water partition coefficient (Wildman–Crippen LogP) is 3.25. The Morgan fingerprint density at radius 2 is 1.78 bits per heavy atom. The summed E-state index contributed by atoms with van der Waals surface area (Å²) in [6, 6.07) is 4.32. The van der Waals surface area contributed by atoms with Gasteiger partial charge in [0.25, 0.3) is 0 Å². The summed E-state index contributed by atoms with van der Waals surface area (Å²) in [6.45, 7) is 2.64. The Morgan fingerprint density at radius 3 is 2.22 bits per heavy atom. The molecule has 128 valence electrons. The molecule has 2 unspecified atom stereocenters. The molecule has 0 aliphatic heterocycles. The fourth-order valence-electron chi connectivity index (χ4n) is 1.90.